The number of hydrogen-bond donors (Lipinski definition) is 7. The number of hydrogen-bond acceptors (Lipinski definition) is 17. The molecule has 0 aromatic heterocycles. The minimum absolute atomic E-state index is 0.104. The van der Waals surface area contributed by atoms with Crippen LogP contribution in [0.15, 0.2) is 0 Å². The van der Waals surface area contributed by atoms with Crippen LogP contribution in [0.1, 0.15) is 0 Å². The molecular weight excluding hydrogens is 581 g/mol. The van der Waals surface area contributed by atoms with Gasteiger partial charge in [-0.15, -0.1) is 0 Å². The molecule has 7 N–H and O–H groups in total. The van der Waals surface area contributed by atoms with Crippen LogP contribution < -0.4 is 0 Å². The largest absolute Gasteiger partial charge is 0.473 e. The fourth-order valence-corrected chi connectivity index (χ4v) is 5.73. The van der Waals surface area contributed by atoms with Crippen molar-refractivity contribution in [1.29, 1.82) is 0 Å². The molecule has 23 heteroatoms. The molecule has 2 saturated heterocycles. The van der Waals surface area contributed by atoms with Gasteiger partial charge in [0.05, 0.1) is 13.2 Å². The molecular formula is C14H25O20P3. The number of carbonyl (C=O) groups is 2. The second kappa shape index (κ2) is 13.7. The van der Waals surface area contributed by atoms with Crippen LogP contribution in [0.4, 0.5) is 0 Å². The molecule has 2 heterocycles. The van der Waals surface area contributed by atoms with Crippen LogP contribution in [0.25, 0.3) is 0 Å². The van der Waals surface area contributed by atoms with E-state index in [4.69, 9.17) is 14.0 Å². The number of aliphatic hydroxyl groups excluding tert-OH is 4. The Balaban J connectivity index is 2.07. The molecule has 0 saturated carbocycles. The third-order valence-electron chi connectivity index (χ3n) is 4.52. The van der Waals surface area contributed by atoms with Crippen molar-refractivity contribution >= 4 is 36.0 Å². The fourth-order valence-electron chi connectivity index (χ4n) is 2.93. The first-order valence-corrected chi connectivity index (χ1v) is 14.4. The molecule has 0 aromatic carbocycles. The Hall–Kier alpha value is -0.570. The van der Waals surface area contributed by atoms with Crippen molar-refractivity contribution < 1.29 is 95.0 Å². The first-order chi connectivity index (χ1) is 17.1. The molecule has 2 rings (SSSR count). The van der Waals surface area contributed by atoms with Crippen LogP contribution in [-0.4, -0.2) is 123 Å². The van der Waals surface area contributed by atoms with E-state index in [0.29, 0.717) is 0 Å². The summed E-state index contributed by atoms with van der Waals surface area (Å²) in [6, 6.07) is 0. The summed E-state index contributed by atoms with van der Waals surface area (Å²) in [6.07, 6.45) is -16.1. The molecule has 2 aliphatic rings. The van der Waals surface area contributed by atoms with Crippen LogP contribution >= 0.6 is 23.5 Å². The van der Waals surface area contributed by atoms with Crippen LogP contribution in [0, 0.1) is 0 Å². The summed E-state index contributed by atoms with van der Waals surface area (Å²) in [6.45, 7) is -3.27. The van der Waals surface area contributed by atoms with Crippen LogP contribution in [-0.2, 0) is 59.9 Å². The normalized spacial score (nSPS) is 37.6. The molecule has 37 heavy (non-hydrogen) atoms. The molecule has 2 fully saturated rings. The molecule has 0 spiro atoms. The second-order valence-corrected chi connectivity index (χ2v) is 11.4. The maximum Gasteiger partial charge on any atom is 0.473 e. The molecule has 0 amide bonds. The number of aldehydes is 2. The summed E-state index contributed by atoms with van der Waals surface area (Å²) in [4.78, 5) is 49.8. The molecule has 2 aliphatic heterocycles. The molecule has 0 radical (unpaired) electrons. The van der Waals surface area contributed by atoms with Gasteiger partial charge in [-0.1, -0.05) is 0 Å². The van der Waals surface area contributed by atoms with E-state index < -0.39 is 99.1 Å². The summed E-state index contributed by atoms with van der Waals surface area (Å²) in [7, 11) is -15.3. The first kappa shape index (κ1) is 32.6. The Labute approximate surface area is 207 Å². The number of phosphoric ester groups is 3. The third-order valence-corrected chi connectivity index (χ3v) is 7.56. The van der Waals surface area contributed by atoms with Gasteiger partial charge in [0.1, 0.15) is 62.4 Å². The van der Waals surface area contributed by atoms with E-state index >= 15 is 0 Å². The third kappa shape index (κ3) is 9.84. The quantitative estimate of drug-likeness (QED) is 0.0751. The second-order valence-electron chi connectivity index (χ2n) is 7.19. The Kier molecular flexibility index (Phi) is 12.1. The van der Waals surface area contributed by atoms with Gasteiger partial charge in [-0.05, 0) is 0 Å². The van der Waals surface area contributed by atoms with Crippen molar-refractivity contribution in [2.24, 2.45) is 0 Å². The number of aliphatic hydroxyl groups is 4. The predicted molar refractivity (Wildman–Crippen MR) is 109 cm³/mol. The van der Waals surface area contributed by atoms with E-state index in [1.54, 1.807) is 0 Å². The van der Waals surface area contributed by atoms with Crippen LogP contribution in [0.2, 0.25) is 0 Å². The van der Waals surface area contributed by atoms with Gasteiger partial charge >= 0.3 is 23.5 Å². The maximum atomic E-state index is 12.5. The lowest BCUT2D eigenvalue weighted by molar-refractivity contribution is -0.255. The minimum atomic E-state index is -5.40. The maximum absolute atomic E-state index is 12.5. The van der Waals surface area contributed by atoms with Crippen molar-refractivity contribution in [2.45, 2.75) is 49.2 Å². The molecule has 3 unspecified atom stereocenters. The van der Waals surface area contributed by atoms with E-state index in [-0.39, 0.29) is 12.6 Å². The summed E-state index contributed by atoms with van der Waals surface area (Å²) >= 11 is 0. The van der Waals surface area contributed by atoms with Gasteiger partial charge in [-0.2, -0.15) is 0 Å². The van der Waals surface area contributed by atoms with Gasteiger partial charge in [0, 0.05) is 0 Å². The van der Waals surface area contributed by atoms with Gasteiger partial charge in [0.25, 0.3) is 0 Å². The van der Waals surface area contributed by atoms with Crippen molar-refractivity contribution in [1.82, 2.24) is 0 Å². The zero-order valence-corrected chi connectivity index (χ0v) is 21.1. The van der Waals surface area contributed by atoms with Gasteiger partial charge < -0.3 is 54.2 Å². The summed E-state index contributed by atoms with van der Waals surface area (Å²) in [5.74, 6) is 0. The van der Waals surface area contributed by atoms with Gasteiger partial charge in [-0.3, -0.25) is 27.1 Å². The van der Waals surface area contributed by atoms with Crippen molar-refractivity contribution in [3.8, 4) is 0 Å². The van der Waals surface area contributed by atoms with Gasteiger partial charge in [0.2, 0.25) is 0 Å². The molecule has 0 aromatic rings. The predicted octanol–water partition coefficient (Wildman–Crippen LogP) is -3.32. The van der Waals surface area contributed by atoms with E-state index in [1.165, 1.54) is 0 Å². The van der Waals surface area contributed by atoms with Gasteiger partial charge in [0.15, 0.2) is 12.6 Å². The summed E-state index contributed by atoms with van der Waals surface area (Å²) in [5.41, 5.74) is 0. The fraction of sp³-hybridized carbons (Fsp3) is 0.857. The molecule has 216 valence electrons. The summed E-state index contributed by atoms with van der Waals surface area (Å²) < 4.78 is 72.7. The van der Waals surface area contributed by atoms with Crippen LogP contribution in [0.3, 0.4) is 0 Å². The zero-order chi connectivity index (χ0) is 28.0. The van der Waals surface area contributed by atoms with E-state index in [2.05, 4.69) is 22.6 Å². The topological polar surface area (TPSA) is 301 Å². The monoisotopic (exact) mass is 606 g/mol. The highest BCUT2D eigenvalue weighted by Crippen LogP contribution is 2.51. The SMILES string of the molecule is O=CCOP(=O)(O)O[C@@H]1[C@H](O)[C@H](OP(=O)(O)O[C@@H]2[C@H](O)[C@H](OP(=O)(O)OCC=O)CO[C@H]2O)CO[C@H]1O. The van der Waals surface area contributed by atoms with Crippen molar-refractivity contribution in [2.75, 3.05) is 26.4 Å². The molecule has 11 atom stereocenters. The lowest BCUT2D eigenvalue weighted by Crippen LogP contribution is -2.55. The van der Waals surface area contributed by atoms with Crippen molar-refractivity contribution in [3.05, 3.63) is 0 Å². The Morgan fingerprint density at radius 3 is 1.41 bits per heavy atom. The number of rotatable bonds is 14. The highest BCUT2D eigenvalue weighted by Gasteiger charge is 2.50. The van der Waals surface area contributed by atoms with E-state index in [9.17, 15) is 58.4 Å². The molecule has 0 aliphatic carbocycles. The Morgan fingerprint density at radius 2 is 1.00 bits per heavy atom. The average molecular weight is 606 g/mol. The lowest BCUT2D eigenvalue weighted by atomic mass is 10.1. The summed E-state index contributed by atoms with van der Waals surface area (Å²) in [5, 5.41) is 40.4. The average Bonchev–Trinajstić information content (AvgIpc) is 2.80. The first-order valence-electron chi connectivity index (χ1n) is 9.95. The van der Waals surface area contributed by atoms with E-state index in [1.807, 2.05) is 0 Å². The molecule has 20 nitrogen and oxygen atoms in total. The minimum Gasteiger partial charge on any atom is -0.387 e. The van der Waals surface area contributed by atoms with Crippen LogP contribution in [0.5, 0.6) is 0 Å². The number of carbonyl (C=O) groups excluding carboxylic acids is 2. The smallest absolute Gasteiger partial charge is 0.387 e. The van der Waals surface area contributed by atoms with Gasteiger partial charge in [-0.25, -0.2) is 13.7 Å². The Bertz CT molecular complexity index is 915. The standard InChI is InChI=1S/C14H25O20P3/c15-1-3-29-35(21,22)31-7-5-27-14(20)12(9(7)17)34-37(25,26)32-8-6-28-13(19)11(10(8)18)33-36(23,24)30-4-2-16/h1-2,7-14,17-20H,3-6H2,(H,21,22)(H,23,24)(H,25,26)/t7-,8-,9-,10-,11-,12-,13-,14-/m1/s1. The number of ether oxygens (including phenoxy) is 2. The Morgan fingerprint density at radius 1 is 0.649 bits per heavy atom. The zero-order valence-electron chi connectivity index (χ0n) is 18.4. The highest BCUT2D eigenvalue weighted by molar-refractivity contribution is 7.48. The molecule has 0 bridgehead atoms. The highest BCUT2D eigenvalue weighted by atomic mass is 31.2. The van der Waals surface area contributed by atoms with E-state index in [0.717, 1.165) is 0 Å². The number of phosphoric acid groups is 3. The van der Waals surface area contributed by atoms with Crippen molar-refractivity contribution in [3.63, 3.8) is 0 Å². The lowest BCUT2D eigenvalue weighted by Gasteiger charge is -2.40.